The van der Waals surface area contributed by atoms with Gasteiger partial charge in [-0.25, -0.2) is 0 Å². The van der Waals surface area contributed by atoms with Crippen LogP contribution in [-0.4, -0.2) is 49.2 Å². The molecule has 0 bridgehead atoms. The number of anilines is 1. The maximum atomic E-state index is 5.46. The highest BCUT2D eigenvalue weighted by Gasteiger charge is 2.16. The number of H-pyrrole nitrogens is 1. The van der Waals surface area contributed by atoms with Crippen LogP contribution in [0.3, 0.4) is 0 Å². The fraction of sp³-hybridized carbons (Fsp3) is 0.286. The Labute approximate surface area is 153 Å². The number of aryl methyl sites for hydroxylation is 1. The quantitative estimate of drug-likeness (QED) is 0.569. The van der Waals surface area contributed by atoms with Crippen molar-refractivity contribution in [1.29, 1.82) is 0 Å². The molecule has 0 aliphatic carbocycles. The standard InChI is InChI=1S/C21H24N4O/c1-13-15-7-8-22-12-17(15)21(23-9-10-25(2)3)19-16-11-14(26-4)5-6-18(16)24-20(13)19/h5-8,11-12,23-24H,9-10H2,1-4H3. The van der Waals surface area contributed by atoms with Crippen molar-refractivity contribution in [2.24, 2.45) is 0 Å². The summed E-state index contributed by atoms with van der Waals surface area (Å²) in [6.45, 7) is 4.00. The van der Waals surface area contributed by atoms with Crippen LogP contribution in [0.4, 0.5) is 5.69 Å². The van der Waals surface area contributed by atoms with E-state index < -0.39 is 0 Å². The highest BCUT2D eigenvalue weighted by molar-refractivity contribution is 6.22. The molecule has 2 N–H and O–H groups in total. The van der Waals surface area contributed by atoms with Gasteiger partial charge >= 0.3 is 0 Å². The van der Waals surface area contributed by atoms with E-state index in [4.69, 9.17) is 4.74 Å². The van der Waals surface area contributed by atoms with Gasteiger partial charge in [0.25, 0.3) is 0 Å². The van der Waals surface area contributed by atoms with Gasteiger partial charge in [-0.1, -0.05) is 0 Å². The molecule has 0 atom stereocenters. The molecule has 5 heteroatoms. The van der Waals surface area contributed by atoms with Crippen LogP contribution in [0.25, 0.3) is 32.6 Å². The predicted octanol–water partition coefficient (Wildman–Crippen LogP) is 4.16. The van der Waals surface area contributed by atoms with Crippen LogP contribution in [-0.2, 0) is 0 Å². The first-order valence-electron chi connectivity index (χ1n) is 8.84. The molecule has 4 aromatic rings. The number of rotatable bonds is 5. The molecular formula is C21H24N4O. The van der Waals surface area contributed by atoms with Gasteiger partial charge in [0.05, 0.1) is 18.3 Å². The van der Waals surface area contributed by atoms with Crippen molar-refractivity contribution < 1.29 is 4.74 Å². The normalized spacial score (nSPS) is 11.7. The minimum absolute atomic E-state index is 0.863. The molecule has 0 fully saturated rings. The SMILES string of the molecule is COc1ccc2[nH]c3c(C)c4ccncc4c(NCCN(C)C)c3c2c1. The van der Waals surface area contributed by atoms with Crippen molar-refractivity contribution in [3.63, 3.8) is 0 Å². The smallest absolute Gasteiger partial charge is 0.119 e. The summed E-state index contributed by atoms with van der Waals surface area (Å²) in [4.78, 5) is 10.2. The summed E-state index contributed by atoms with van der Waals surface area (Å²) in [7, 11) is 5.88. The second-order valence-corrected chi connectivity index (χ2v) is 6.94. The fourth-order valence-corrected chi connectivity index (χ4v) is 3.62. The summed E-state index contributed by atoms with van der Waals surface area (Å²) in [5, 5.41) is 8.41. The molecule has 0 saturated heterocycles. The second kappa shape index (κ2) is 6.50. The van der Waals surface area contributed by atoms with Gasteiger partial charge in [-0.2, -0.15) is 0 Å². The Bertz CT molecular complexity index is 1100. The molecule has 0 aliphatic rings. The maximum Gasteiger partial charge on any atom is 0.119 e. The average molecular weight is 348 g/mol. The number of nitrogens with one attached hydrogen (secondary N) is 2. The highest BCUT2D eigenvalue weighted by Crippen LogP contribution is 2.40. The van der Waals surface area contributed by atoms with E-state index >= 15 is 0 Å². The molecule has 2 aromatic carbocycles. The Kier molecular flexibility index (Phi) is 4.17. The van der Waals surface area contributed by atoms with Gasteiger partial charge in [0.1, 0.15) is 5.75 Å². The zero-order valence-corrected chi connectivity index (χ0v) is 15.7. The Balaban J connectivity index is 2.05. The maximum absolute atomic E-state index is 5.46. The minimum atomic E-state index is 0.863. The van der Waals surface area contributed by atoms with Gasteiger partial charge in [0.2, 0.25) is 0 Å². The summed E-state index contributed by atoms with van der Waals surface area (Å²) in [6, 6.07) is 8.27. The molecule has 26 heavy (non-hydrogen) atoms. The monoisotopic (exact) mass is 348 g/mol. The van der Waals surface area contributed by atoms with E-state index in [1.54, 1.807) is 7.11 Å². The van der Waals surface area contributed by atoms with Crippen molar-refractivity contribution in [2.75, 3.05) is 39.6 Å². The number of methoxy groups -OCH3 is 1. The molecule has 0 amide bonds. The molecule has 0 spiro atoms. The number of fused-ring (bicyclic) bond motifs is 4. The van der Waals surface area contributed by atoms with Crippen LogP contribution in [0.5, 0.6) is 5.75 Å². The Morgan fingerprint density at radius 2 is 2.00 bits per heavy atom. The number of benzene rings is 2. The van der Waals surface area contributed by atoms with E-state index in [-0.39, 0.29) is 0 Å². The zero-order valence-electron chi connectivity index (χ0n) is 15.7. The lowest BCUT2D eigenvalue weighted by Gasteiger charge is -2.16. The Hall–Kier alpha value is -2.79. The Morgan fingerprint density at radius 3 is 2.77 bits per heavy atom. The molecule has 0 aliphatic heterocycles. The second-order valence-electron chi connectivity index (χ2n) is 6.94. The molecule has 0 radical (unpaired) electrons. The van der Waals surface area contributed by atoms with Crippen LogP contribution in [0, 0.1) is 6.92 Å². The third-order valence-electron chi connectivity index (χ3n) is 4.99. The summed E-state index contributed by atoms with van der Waals surface area (Å²) in [5.41, 5.74) is 4.66. The number of pyridine rings is 1. The topological polar surface area (TPSA) is 53.2 Å². The third kappa shape index (κ3) is 2.65. The lowest BCUT2D eigenvalue weighted by atomic mass is 10.00. The first kappa shape index (κ1) is 16.7. The van der Waals surface area contributed by atoms with Crippen LogP contribution in [0.15, 0.2) is 36.7 Å². The molecule has 2 aromatic heterocycles. The molecule has 134 valence electrons. The lowest BCUT2D eigenvalue weighted by molar-refractivity contribution is 0.415. The van der Waals surface area contributed by atoms with Gasteiger partial charge in [-0.05, 0) is 56.2 Å². The van der Waals surface area contributed by atoms with E-state index in [1.165, 1.54) is 27.2 Å². The third-order valence-corrected chi connectivity index (χ3v) is 4.99. The molecule has 5 nitrogen and oxygen atoms in total. The molecule has 0 saturated carbocycles. The van der Waals surface area contributed by atoms with Gasteiger partial charge in [-0.15, -0.1) is 0 Å². The number of likely N-dealkylation sites (N-methyl/N-ethyl adjacent to an activating group) is 1. The van der Waals surface area contributed by atoms with E-state index in [2.05, 4.69) is 59.4 Å². The number of hydrogen-bond acceptors (Lipinski definition) is 4. The number of nitrogens with zero attached hydrogens (tertiary/aromatic N) is 2. The minimum Gasteiger partial charge on any atom is -0.497 e. The van der Waals surface area contributed by atoms with Crippen LogP contribution in [0.1, 0.15) is 5.56 Å². The summed E-state index contributed by atoms with van der Waals surface area (Å²) in [6.07, 6.45) is 3.81. The van der Waals surface area contributed by atoms with Gasteiger partial charge in [0.15, 0.2) is 0 Å². The van der Waals surface area contributed by atoms with Crippen molar-refractivity contribution in [3.05, 3.63) is 42.2 Å². The number of aromatic amines is 1. The average Bonchev–Trinajstić information content (AvgIpc) is 3.03. The van der Waals surface area contributed by atoms with Crippen LogP contribution >= 0.6 is 0 Å². The molecule has 0 unspecified atom stereocenters. The van der Waals surface area contributed by atoms with E-state index in [1.807, 2.05) is 18.5 Å². The van der Waals surface area contributed by atoms with Crippen molar-refractivity contribution in [1.82, 2.24) is 14.9 Å². The first-order chi connectivity index (χ1) is 12.6. The molecule has 2 heterocycles. The summed E-state index contributed by atoms with van der Waals surface area (Å²) >= 11 is 0. The summed E-state index contributed by atoms with van der Waals surface area (Å²) in [5.74, 6) is 0.863. The predicted molar refractivity (Wildman–Crippen MR) is 109 cm³/mol. The van der Waals surface area contributed by atoms with E-state index in [0.29, 0.717) is 0 Å². The molecule has 4 rings (SSSR count). The molecular weight excluding hydrogens is 324 g/mol. The number of ether oxygens (including phenoxy) is 1. The zero-order chi connectivity index (χ0) is 18.3. The summed E-state index contributed by atoms with van der Waals surface area (Å²) < 4.78 is 5.46. The lowest BCUT2D eigenvalue weighted by Crippen LogP contribution is -2.21. The van der Waals surface area contributed by atoms with E-state index in [0.717, 1.165) is 35.4 Å². The van der Waals surface area contributed by atoms with Crippen LogP contribution in [0.2, 0.25) is 0 Å². The number of hydrogen-bond donors (Lipinski definition) is 2. The van der Waals surface area contributed by atoms with Crippen molar-refractivity contribution in [3.8, 4) is 5.75 Å². The van der Waals surface area contributed by atoms with Gasteiger partial charge < -0.3 is 19.9 Å². The van der Waals surface area contributed by atoms with Crippen LogP contribution < -0.4 is 10.1 Å². The van der Waals surface area contributed by atoms with Gasteiger partial charge in [0, 0.05) is 47.2 Å². The van der Waals surface area contributed by atoms with Gasteiger partial charge in [-0.3, -0.25) is 4.98 Å². The number of aromatic nitrogens is 2. The van der Waals surface area contributed by atoms with E-state index in [9.17, 15) is 0 Å². The largest absolute Gasteiger partial charge is 0.497 e. The Morgan fingerprint density at radius 1 is 1.15 bits per heavy atom. The van der Waals surface area contributed by atoms with Crippen molar-refractivity contribution in [2.45, 2.75) is 6.92 Å². The first-order valence-corrected chi connectivity index (χ1v) is 8.84. The fourth-order valence-electron chi connectivity index (χ4n) is 3.62. The van der Waals surface area contributed by atoms with Crippen molar-refractivity contribution >= 4 is 38.3 Å². The highest BCUT2D eigenvalue weighted by atomic mass is 16.5.